The van der Waals surface area contributed by atoms with E-state index in [0.717, 1.165) is 6.07 Å². The van der Waals surface area contributed by atoms with Crippen LogP contribution in [0.25, 0.3) is 0 Å². The van der Waals surface area contributed by atoms with Crippen LogP contribution in [0.2, 0.25) is 0 Å². The largest absolute Gasteiger partial charge is 0.419 e. The van der Waals surface area contributed by atoms with Crippen molar-refractivity contribution in [2.24, 2.45) is 0 Å². The third-order valence-electron chi connectivity index (χ3n) is 4.22. The van der Waals surface area contributed by atoms with Gasteiger partial charge in [0.15, 0.2) is 0 Å². The van der Waals surface area contributed by atoms with Gasteiger partial charge in [-0.1, -0.05) is 6.07 Å². The van der Waals surface area contributed by atoms with Crippen LogP contribution in [0.1, 0.15) is 37.1 Å². The van der Waals surface area contributed by atoms with E-state index < -0.39 is 38.5 Å². The Hall–Kier alpha value is -2.00. The molecule has 1 aliphatic rings. The Bertz CT molecular complexity index is 897. The quantitative estimate of drug-likeness (QED) is 0.723. The predicted molar refractivity (Wildman–Crippen MR) is 86.1 cm³/mol. The summed E-state index contributed by atoms with van der Waals surface area (Å²) in [6.45, 7) is 1.63. The first-order valence-corrected chi connectivity index (χ1v) is 9.37. The Morgan fingerprint density at radius 3 is 2.42 bits per heavy atom. The number of hydrogen-bond acceptors (Lipinski definition) is 3. The molecule has 1 heterocycles. The summed E-state index contributed by atoms with van der Waals surface area (Å²) in [6, 6.07) is 5.82. The highest BCUT2D eigenvalue weighted by Gasteiger charge is 2.43. The SMILES string of the molecule is C[C@H](c1ccccn1)N(C1CC1)S(=O)(=O)c1ccc(F)c(C(F)(F)F)c1. The normalized spacial score (nSPS) is 16.7. The molecule has 0 unspecified atom stereocenters. The zero-order chi connectivity index (χ0) is 19.1. The van der Waals surface area contributed by atoms with Crippen molar-refractivity contribution in [2.75, 3.05) is 0 Å². The first-order chi connectivity index (χ1) is 12.1. The standard InChI is InChI=1S/C17H16F4N2O2S/c1-11(16-4-2-3-9-22-16)23(12-5-6-12)26(24,25)13-7-8-15(18)14(10-13)17(19,20)21/h2-4,7-12H,5-6H2,1H3/t11-/m1/s1. The van der Waals surface area contributed by atoms with Gasteiger partial charge >= 0.3 is 6.18 Å². The van der Waals surface area contributed by atoms with E-state index in [4.69, 9.17) is 0 Å². The Morgan fingerprint density at radius 1 is 1.19 bits per heavy atom. The number of alkyl halides is 3. The molecule has 0 saturated heterocycles. The fourth-order valence-electron chi connectivity index (χ4n) is 2.81. The number of halogens is 4. The molecule has 0 bridgehead atoms. The van der Waals surface area contributed by atoms with Gasteiger partial charge in [0.1, 0.15) is 5.82 Å². The highest BCUT2D eigenvalue weighted by atomic mass is 32.2. The number of sulfonamides is 1. The number of nitrogens with zero attached hydrogens (tertiary/aromatic N) is 2. The van der Waals surface area contributed by atoms with Gasteiger partial charge in [0, 0.05) is 12.2 Å². The van der Waals surface area contributed by atoms with E-state index in [1.54, 1.807) is 25.1 Å². The zero-order valence-corrected chi connectivity index (χ0v) is 14.6. The van der Waals surface area contributed by atoms with Gasteiger partial charge in [0.25, 0.3) is 0 Å². The number of benzene rings is 1. The molecular weight excluding hydrogens is 372 g/mol. The van der Waals surface area contributed by atoms with Crippen LogP contribution < -0.4 is 0 Å². The second kappa shape index (κ2) is 6.62. The molecule has 3 rings (SSSR count). The van der Waals surface area contributed by atoms with Crippen molar-refractivity contribution in [3.63, 3.8) is 0 Å². The van der Waals surface area contributed by atoms with Crippen molar-refractivity contribution in [2.45, 2.75) is 42.9 Å². The van der Waals surface area contributed by atoms with Crippen LogP contribution >= 0.6 is 0 Å². The minimum absolute atomic E-state index is 0.309. The number of hydrogen-bond donors (Lipinski definition) is 0. The van der Waals surface area contributed by atoms with Crippen LogP contribution in [0.5, 0.6) is 0 Å². The van der Waals surface area contributed by atoms with Crippen LogP contribution in [0.4, 0.5) is 17.6 Å². The van der Waals surface area contributed by atoms with Gasteiger partial charge in [-0.25, -0.2) is 12.8 Å². The maximum Gasteiger partial charge on any atom is 0.419 e. The first kappa shape index (κ1) is 18.8. The molecule has 1 aromatic heterocycles. The van der Waals surface area contributed by atoms with Crippen molar-refractivity contribution < 1.29 is 26.0 Å². The Labute approximate surface area is 148 Å². The van der Waals surface area contributed by atoms with E-state index in [0.29, 0.717) is 30.7 Å². The van der Waals surface area contributed by atoms with Gasteiger partial charge in [0.05, 0.1) is 22.2 Å². The van der Waals surface area contributed by atoms with Crippen LogP contribution in [0.15, 0.2) is 47.5 Å². The lowest BCUT2D eigenvalue weighted by Crippen LogP contribution is -2.36. The first-order valence-electron chi connectivity index (χ1n) is 7.93. The molecule has 1 aromatic carbocycles. The second-order valence-electron chi connectivity index (χ2n) is 6.14. The summed E-state index contributed by atoms with van der Waals surface area (Å²) in [5, 5.41) is 0. The van der Waals surface area contributed by atoms with Crippen molar-refractivity contribution in [1.82, 2.24) is 9.29 Å². The lowest BCUT2D eigenvalue weighted by Gasteiger charge is -2.28. The second-order valence-corrected chi connectivity index (χ2v) is 7.98. The van der Waals surface area contributed by atoms with E-state index in [1.165, 1.54) is 10.5 Å². The van der Waals surface area contributed by atoms with Crippen molar-refractivity contribution in [3.05, 3.63) is 59.7 Å². The lowest BCUT2D eigenvalue weighted by molar-refractivity contribution is -0.140. The van der Waals surface area contributed by atoms with E-state index >= 15 is 0 Å². The molecule has 1 fully saturated rings. The highest BCUT2D eigenvalue weighted by Crippen LogP contribution is 2.40. The molecule has 1 atom stereocenters. The van der Waals surface area contributed by atoms with Crippen LogP contribution in [-0.2, 0) is 16.2 Å². The number of rotatable bonds is 5. The summed E-state index contributed by atoms with van der Waals surface area (Å²) in [5.41, 5.74) is -1.11. The third-order valence-corrected chi connectivity index (χ3v) is 6.24. The molecular formula is C17H16F4N2O2S. The molecule has 9 heteroatoms. The molecule has 4 nitrogen and oxygen atoms in total. The van der Waals surface area contributed by atoms with E-state index in [9.17, 15) is 26.0 Å². The Balaban J connectivity index is 2.05. The molecule has 0 spiro atoms. The summed E-state index contributed by atoms with van der Waals surface area (Å²) in [4.78, 5) is 3.56. The van der Waals surface area contributed by atoms with E-state index in [1.807, 2.05) is 0 Å². The minimum atomic E-state index is -4.98. The van der Waals surface area contributed by atoms with Gasteiger partial charge < -0.3 is 0 Å². The van der Waals surface area contributed by atoms with Gasteiger partial charge in [-0.2, -0.15) is 17.5 Å². The topological polar surface area (TPSA) is 50.3 Å². The summed E-state index contributed by atoms with van der Waals surface area (Å²) in [7, 11) is -4.26. The maximum absolute atomic E-state index is 13.5. The van der Waals surface area contributed by atoms with Crippen molar-refractivity contribution in [1.29, 1.82) is 0 Å². The molecule has 0 amide bonds. The van der Waals surface area contributed by atoms with Gasteiger partial charge in [-0.05, 0) is 50.1 Å². The van der Waals surface area contributed by atoms with Crippen LogP contribution in [-0.4, -0.2) is 23.7 Å². The summed E-state index contributed by atoms with van der Waals surface area (Å²) >= 11 is 0. The monoisotopic (exact) mass is 388 g/mol. The van der Waals surface area contributed by atoms with Crippen LogP contribution in [0, 0.1) is 5.82 Å². The van der Waals surface area contributed by atoms with Gasteiger partial charge in [0.2, 0.25) is 10.0 Å². The van der Waals surface area contributed by atoms with Gasteiger partial charge in [-0.15, -0.1) is 0 Å². The fourth-order valence-corrected chi connectivity index (χ4v) is 4.68. The Kier molecular flexibility index (Phi) is 4.78. The van der Waals surface area contributed by atoms with Gasteiger partial charge in [-0.3, -0.25) is 4.98 Å². The highest BCUT2D eigenvalue weighted by molar-refractivity contribution is 7.89. The zero-order valence-electron chi connectivity index (χ0n) is 13.7. The Morgan fingerprint density at radius 2 is 1.88 bits per heavy atom. The molecule has 2 aromatic rings. The summed E-state index contributed by atoms with van der Waals surface area (Å²) in [5.74, 6) is -1.51. The van der Waals surface area contributed by atoms with E-state index in [-0.39, 0.29) is 6.04 Å². The molecule has 0 aliphatic heterocycles. The predicted octanol–water partition coefficient (Wildman–Crippen LogP) is 4.15. The number of pyridine rings is 1. The molecule has 1 saturated carbocycles. The summed E-state index contributed by atoms with van der Waals surface area (Å²) in [6.07, 6.45) is -2.23. The molecule has 26 heavy (non-hydrogen) atoms. The van der Waals surface area contributed by atoms with E-state index in [2.05, 4.69) is 4.98 Å². The molecule has 0 N–H and O–H groups in total. The molecule has 1 aliphatic carbocycles. The molecule has 140 valence electrons. The average molecular weight is 388 g/mol. The third kappa shape index (κ3) is 3.59. The average Bonchev–Trinajstić information content (AvgIpc) is 3.39. The summed E-state index contributed by atoms with van der Waals surface area (Å²) < 4.78 is 79.6. The van der Waals surface area contributed by atoms with Crippen molar-refractivity contribution >= 4 is 10.0 Å². The smallest absolute Gasteiger partial charge is 0.260 e. The number of aromatic nitrogens is 1. The maximum atomic E-state index is 13.5. The van der Waals surface area contributed by atoms with Crippen LogP contribution in [0.3, 0.4) is 0 Å². The fraction of sp³-hybridized carbons (Fsp3) is 0.353. The van der Waals surface area contributed by atoms with Crippen molar-refractivity contribution in [3.8, 4) is 0 Å². The lowest BCUT2D eigenvalue weighted by atomic mass is 10.2. The molecule has 0 radical (unpaired) electrons. The minimum Gasteiger partial charge on any atom is -0.260 e.